The summed E-state index contributed by atoms with van der Waals surface area (Å²) in [4.78, 5) is 8.64. The Balaban J connectivity index is 2.31. The summed E-state index contributed by atoms with van der Waals surface area (Å²) < 4.78 is 0. The molecular formula is C10H14N2O. The van der Waals surface area contributed by atoms with E-state index in [2.05, 4.69) is 9.97 Å². The first-order valence-electron chi connectivity index (χ1n) is 4.70. The fraction of sp³-hybridized carbons (Fsp3) is 0.600. The summed E-state index contributed by atoms with van der Waals surface area (Å²) in [7, 11) is 0. The Morgan fingerprint density at radius 3 is 2.69 bits per heavy atom. The zero-order valence-electron chi connectivity index (χ0n) is 7.99. The zero-order chi connectivity index (χ0) is 9.42. The van der Waals surface area contributed by atoms with Gasteiger partial charge in [-0.2, -0.15) is 0 Å². The van der Waals surface area contributed by atoms with Crippen LogP contribution in [0, 0.1) is 6.92 Å². The van der Waals surface area contributed by atoms with E-state index in [4.69, 9.17) is 0 Å². The van der Waals surface area contributed by atoms with E-state index < -0.39 is 6.10 Å². The van der Waals surface area contributed by atoms with Gasteiger partial charge in [-0.15, -0.1) is 0 Å². The van der Waals surface area contributed by atoms with Crippen LogP contribution in [0.4, 0.5) is 0 Å². The van der Waals surface area contributed by atoms with Gasteiger partial charge in [-0.05, 0) is 26.7 Å². The summed E-state index contributed by atoms with van der Waals surface area (Å²) >= 11 is 0. The van der Waals surface area contributed by atoms with Crippen molar-refractivity contribution in [1.82, 2.24) is 9.97 Å². The molecule has 1 aliphatic rings. The van der Waals surface area contributed by atoms with Gasteiger partial charge in [0.2, 0.25) is 0 Å². The number of hydrogen-bond donors (Lipinski definition) is 1. The van der Waals surface area contributed by atoms with Gasteiger partial charge >= 0.3 is 0 Å². The quantitative estimate of drug-likeness (QED) is 0.750. The van der Waals surface area contributed by atoms with Crippen LogP contribution in [0.25, 0.3) is 0 Å². The Hall–Kier alpha value is -0.960. The number of aromatic nitrogens is 2. The number of aryl methyl sites for hydroxylation is 1. The molecule has 1 saturated carbocycles. The van der Waals surface area contributed by atoms with Crippen molar-refractivity contribution in [3.8, 4) is 0 Å². The normalized spacial score (nSPS) is 18.7. The molecule has 13 heavy (non-hydrogen) atoms. The lowest BCUT2D eigenvalue weighted by Gasteiger charge is -2.08. The van der Waals surface area contributed by atoms with Crippen LogP contribution < -0.4 is 0 Å². The number of aliphatic hydroxyl groups excluding tert-OH is 1. The van der Waals surface area contributed by atoms with Crippen LogP contribution in [0.5, 0.6) is 0 Å². The average Bonchev–Trinajstić information content (AvgIpc) is 2.85. The maximum absolute atomic E-state index is 9.37. The van der Waals surface area contributed by atoms with Gasteiger partial charge in [0.05, 0.1) is 6.10 Å². The van der Waals surface area contributed by atoms with E-state index in [9.17, 15) is 5.11 Å². The molecule has 1 N–H and O–H groups in total. The number of nitrogens with zero attached hydrogens (tertiary/aromatic N) is 2. The number of aliphatic hydroxyl groups is 1. The molecule has 1 atom stereocenters. The number of rotatable bonds is 2. The summed E-state index contributed by atoms with van der Waals surface area (Å²) in [6.07, 6.45) is 3.72. The van der Waals surface area contributed by atoms with Gasteiger partial charge in [0, 0.05) is 23.4 Å². The second-order valence-corrected chi connectivity index (χ2v) is 3.72. The Morgan fingerprint density at radius 2 is 2.23 bits per heavy atom. The van der Waals surface area contributed by atoms with E-state index in [-0.39, 0.29) is 0 Å². The van der Waals surface area contributed by atoms with Gasteiger partial charge < -0.3 is 5.11 Å². The zero-order valence-corrected chi connectivity index (χ0v) is 7.99. The van der Waals surface area contributed by atoms with Crippen LogP contribution in [-0.4, -0.2) is 15.1 Å². The minimum atomic E-state index is -0.465. The second kappa shape index (κ2) is 3.07. The second-order valence-electron chi connectivity index (χ2n) is 3.72. The standard InChI is InChI=1S/C10H14N2O/c1-6-9(7(2)13)5-11-10(12-6)8-3-4-8/h5,7-8,13H,3-4H2,1-2H3. The van der Waals surface area contributed by atoms with Crippen LogP contribution in [-0.2, 0) is 0 Å². The molecule has 0 radical (unpaired) electrons. The maximum Gasteiger partial charge on any atom is 0.131 e. The Labute approximate surface area is 77.8 Å². The first kappa shape index (κ1) is 8.63. The fourth-order valence-electron chi connectivity index (χ4n) is 1.44. The van der Waals surface area contributed by atoms with Crippen LogP contribution in [0.15, 0.2) is 6.20 Å². The van der Waals surface area contributed by atoms with Crippen LogP contribution in [0.3, 0.4) is 0 Å². The molecule has 3 heteroatoms. The highest BCUT2D eigenvalue weighted by Crippen LogP contribution is 2.38. The van der Waals surface area contributed by atoms with Crippen LogP contribution in [0.2, 0.25) is 0 Å². The third-order valence-electron chi connectivity index (χ3n) is 2.43. The first-order valence-corrected chi connectivity index (χ1v) is 4.70. The van der Waals surface area contributed by atoms with Gasteiger partial charge in [0.25, 0.3) is 0 Å². The topological polar surface area (TPSA) is 46.0 Å². The van der Waals surface area contributed by atoms with Crippen molar-refractivity contribution in [2.45, 2.75) is 38.7 Å². The molecule has 1 aliphatic carbocycles. The Morgan fingerprint density at radius 1 is 1.54 bits per heavy atom. The van der Waals surface area contributed by atoms with E-state index in [0.29, 0.717) is 5.92 Å². The van der Waals surface area contributed by atoms with Gasteiger partial charge in [0.1, 0.15) is 5.82 Å². The maximum atomic E-state index is 9.37. The lowest BCUT2D eigenvalue weighted by Crippen LogP contribution is -2.02. The predicted molar refractivity (Wildman–Crippen MR) is 49.4 cm³/mol. The monoisotopic (exact) mass is 178 g/mol. The molecule has 1 fully saturated rings. The average molecular weight is 178 g/mol. The van der Waals surface area contributed by atoms with Gasteiger partial charge in [-0.25, -0.2) is 9.97 Å². The molecule has 1 heterocycles. The molecule has 2 rings (SSSR count). The van der Waals surface area contributed by atoms with E-state index in [1.807, 2.05) is 6.92 Å². The predicted octanol–water partition coefficient (Wildman–Crippen LogP) is 1.72. The molecule has 0 amide bonds. The highest BCUT2D eigenvalue weighted by Gasteiger charge is 2.26. The Kier molecular flexibility index (Phi) is 2.04. The van der Waals surface area contributed by atoms with Crippen molar-refractivity contribution in [3.05, 3.63) is 23.3 Å². The summed E-state index contributed by atoms with van der Waals surface area (Å²) in [5, 5.41) is 9.37. The van der Waals surface area contributed by atoms with Crippen molar-refractivity contribution in [1.29, 1.82) is 0 Å². The van der Waals surface area contributed by atoms with Crippen molar-refractivity contribution in [2.75, 3.05) is 0 Å². The van der Waals surface area contributed by atoms with Crippen molar-refractivity contribution >= 4 is 0 Å². The largest absolute Gasteiger partial charge is 0.389 e. The Bertz CT molecular complexity index is 319. The van der Waals surface area contributed by atoms with E-state index >= 15 is 0 Å². The summed E-state index contributed by atoms with van der Waals surface area (Å²) in [5.41, 5.74) is 1.75. The molecule has 0 aliphatic heterocycles. The van der Waals surface area contributed by atoms with E-state index in [0.717, 1.165) is 17.1 Å². The molecule has 70 valence electrons. The molecule has 0 bridgehead atoms. The molecule has 0 spiro atoms. The van der Waals surface area contributed by atoms with Gasteiger partial charge in [-0.1, -0.05) is 0 Å². The first-order chi connectivity index (χ1) is 6.18. The molecule has 1 aromatic rings. The fourth-order valence-corrected chi connectivity index (χ4v) is 1.44. The van der Waals surface area contributed by atoms with E-state index in [1.54, 1.807) is 13.1 Å². The minimum Gasteiger partial charge on any atom is -0.389 e. The molecule has 1 unspecified atom stereocenters. The molecule has 0 aromatic carbocycles. The SMILES string of the molecule is Cc1nc(C2CC2)ncc1C(C)O. The molecular weight excluding hydrogens is 164 g/mol. The van der Waals surface area contributed by atoms with Gasteiger partial charge in [-0.3, -0.25) is 0 Å². The third-order valence-corrected chi connectivity index (χ3v) is 2.43. The summed E-state index contributed by atoms with van der Waals surface area (Å²) in [6, 6.07) is 0. The molecule has 1 aromatic heterocycles. The molecule has 3 nitrogen and oxygen atoms in total. The van der Waals surface area contributed by atoms with Gasteiger partial charge in [0.15, 0.2) is 0 Å². The summed E-state index contributed by atoms with van der Waals surface area (Å²) in [6.45, 7) is 3.66. The lowest BCUT2D eigenvalue weighted by molar-refractivity contribution is 0.197. The third kappa shape index (κ3) is 1.70. The number of hydrogen-bond acceptors (Lipinski definition) is 3. The van der Waals surface area contributed by atoms with Crippen molar-refractivity contribution < 1.29 is 5.11 Å². The minimum absolute atomic E-state index is 0.465. The summed E-state index contributed by atoms with van der Waals surface area (Å²) in [5.74, 6) is 1.53. The van der Waals surface area contributed by atoms with Crippen LogP contribution in [0.1, 0.15) is 48.9 Å². The smallest absolute Gasteiger partial charge is 0.131 e. The van der Waals surface area contributed by atoms with Crippen LogP contribution >= 0.6 is 0 Å². The van der Waals surface area contributed by atoms with Crippen molar-refractivity contribution in [3.63, 3.8) is 0 Å². The highest BCUT2D eigenvalue weighted by molar-refractivity contribution is 5.20. The molecule has 0 saturated heterocycles. The highest BCUT2D eigenvalue weighted by atomic mass is 16.3. The van der Waals surface area contributed by atoms with Crippen molar-refractivity contribution in [2.24, 2.45) is 0 Å². The van der Waals surface area contributed by atoms with E-state index in [1.165, 1.54) is 12.8 Å². The lowest BCUT2D eigenvalue weighted by atomic mass is 10.1.